The summed E-state index contributed by atoms with van der Waals surface area (Å²) < 4.78 is 0. The van der Waals surface area contributed by atoms with Gasteiger partial charge in [0.25, 0.3) is 0 Å². The molecular weight excluding hydrogens is 226 g/mol. The van der Waals surface area contributed by atoms with Crippen LogP contribution in [0.3, 0.4) is 0 Å². The van der Waals surface area contributed by atoms with Crippen LogP contribution in [0.5, 0.6) is 0 Å². The van der Waals surface area contributed by atoms with Crippen LogP contribution >= 0.6 is 23.5 Å². The van der Waals surface area contributed by atoms with Crippen LogP contribution in [0.4, 0.5) is 0 Å². The maximum Gasteiger partial charge on any atom is 0.177 e. The number of carbonyl (C=O) groups is 1. The van der Waals surface area contributed by atoms with E-state index in [1.54, 1.807) is 30.6 Å². The molecule has 0 saturated heterocycles. The Balaban J connectivity index is 3.11. The van der Waals surface area contributed by atoms with Crippen molar-refractivity contribution >= 4 is 29.3 Å². The predicted molar refractivity (Wildman–Crippen MR) is 68.3 cm³/mol. The number of carbonyl (C=O) groups excluding carboxylic acids is 1. The number of rotatable bonds is 5. The summed E-state index contributed by atoms with van der Waals surface area (Å²) in [5.41, 5.74) is 0.823. The van der Waals surface area contributed by atoms with Crippen molar-refractivity contribution in [1.82, 2.24) is 5.32 Å². The van der Waals surface area contributed by atoms with Crippen molar-refractivity contribution < 1.29 is 4.79 Å². The summed E-state index contributed by atoms with van der Waals surface area (Å²) in [4.78, 5) is 14.1. The highest BCUT2D eigenvalue weighted by Gasteiger charge is 2.12. The lowest BCUT2D eigenvalue weighted by Crippen LogP contribution is -2.19. The lowest BCUT2D eigenvalue weighted by atomic mass is 10.1. The molecule has 1 rings (SSSR count). The second-order valence-electron chi connectivity index (χ2n) is 2.99. The van der Waals surface area contributed by atoms with Gasteiger partial charge in [-0.3, -0.25) is 4.79 Å². The molecule has 1 aromatic carbocycles. The second-order valence-corrected chi connectivity index (χ2v) is 4.66. The molecule has 0 spiro atoms. The van der Waals surface area contributed by atoms with E-state index in [1.165, 1.54) is 4.90 Å². The average molecular weight is 241 g/mol. The zero-order valence-corrected chi connectivity index (χ0v) is 10.8. The van der Waals surface area contributed by atoms with E-state index < -0.39 is 0 Å². The van der Waals surface area contributed by atoms with Gasteiger partial charge in [0.15, 0.2) is 5.78 Å². The zero-order chi connectivity index (χ0) is 11.3. The van der Waals surface area contributed by atoms with Gasteiger partial charge in [0.05, 0.1) is 6.54 Å². The molecule has 0 unspecified atom stereocenters. The average Bonchev–Trinajstić information content (AvgIpc) is 2.28. The standard InChI is InChI=1S/C11H15NOS2/c1-12-7-9(13)8-5-4-6-10(14-2)11(8)15-3/h4-6,12H,7H2,1-3H3. The van der Waals surface area contributed by atoms with E-state index in [2.05, 4.69) is 5.32 Å². The lowest BCUT2D eigenvalue weighted by Gasteiger charge is -2.10. The third-order valence-electron chi connectivity index (χ3n) is 2.04. The van der Waals surface area contributed by atoms with Gasteiger partial charge in [-0.05, 0) is 25.6 Å². The summed E-state index contributed by atoms with van der Waals surface area (Å²) in [6.07, 6.45) is 4.03. The quantitative estimate of drug-likeness (QED) is 0.633. The van der Waals surface area contributed by atoms with Crippen molar-refractivity contribution in [3.63, 3.8) is 0 Å². The third-order valence-corrected chi connectivity index (χ3v) is 3.80. The topological polar surface area (TPSA) is 29.1 Å². The Hall–Kier alpha value is -0.450. The van der Waals surface area contributed by atoms with Gasteiger partial charge in [-0.2, -0.15) is 0 Å². The summed E-state index contributed by atoms with van der Waals surface area (Å²) in [6, 6.07) is 5.88. The molecule has 0 amide bonds. The van der Waals surface area contributed by atoms with Crippen LogP contribution < -0.4 is 5.32 Å². The van der Waals surface area contributed by atoms with Gasteiger partial charge in [0, 0.05) is 15.4 Å². The monoisotopic (exact) mass is 241 g/mol. The molecule has 82 valence electrons. The molecule has 0 bridgehead atoms. The maximum absolute atomic E-state index is 11.8. The SMILES string of the molecule is CNCC(=O)c1cccc(SC)c1SC. The number of benzene rings is 1. The van der Waals surface area contributed by atoms with Crippen LogP contribution in [0.15, 0.2) is 28.0 Å². The summed E-state index contributed by atoms with van der Waals surface area (Å²) in [5.74, 6) is 0.151. The highest BCUT2D eigenvalue weighted by molar-refractivity contribution is 8.01. The Morgan fingerprint density at radius 1 is 1.33 bits per heavy atom. The molecule has 0 aromatic heterocycles. The van der Waals surface area contributed by atoms with Crippen molar-refractivity contribution in [3.8, 4) is 0 Å². The Labute approximate surface area is 99.2 Å². The molecule has 0 heterocycles. The minimum Gasteiger partial charge on any atom is -0.313 e. The van der Waals surface area contributed by atoms with E-state index >= 15 is 0 Å². The van der Waals surface area contributed by atoms with Crippen molar-refractivity contribution in [3.05, 3.63) is 23.8 Å². The Morgan fingerprint density at radius 3 is 2.60 bits per heavy atom. The number of likely N-dealkylation sites (N-methyl/N-ethyl adjacent to an activating group) is 1. The van der Waals surface area contributed by atoms with Crippen LogP contribution in [-0.4, -0.2) is 31.9 Å². The van der Waals surface area contributed by atoms with Crippen molar-refractivity contribution in [2.24, 2.45) is 0 Å². The first-order chi connectivity index (χ1) is 7.24. The summed E-state index contributed by atoms with van der Waals surface area (Å²) >= 11 is 3.31. The lowest BCUT2D eigenvalue weighted by molar-refractivity contribution is 0.0990. The Morgan fingerprint density at radius 2 is 2.07 bits per heavy atom. The highest BCUT2D eigenvalue weighted by atomic mass is 32.2. The molecule has 0 aliphatic rings. The minimum absolute atomic E-state index is 0.151. The van der Waals surface area contributed by atoms with E-state index in [1.807, 2.05) is 30.7 Å². The number of nitrogens with one attached hydrogen (secondary N) is 1. The minimum atomic E-state index is 0.151. The van der Waals surface area contributed by atoms with Gasteiger partial charge in [0.1, 0.15) is 0 Å². The third kappa shape index (κ3) is 3.00. The van der Waals surface area contributed by atoms with E-state index in [4.69, 9.17) is 0 Å². The Kier molecular flexibility index (Phi) is 5.22. The fourth-order valence-corrected chi connectivity index (χ4v) is 3.04. The van der Waals surface area contributed by atoms with Crippen molar-refractivity contribution in [1.29, 1.82) is 0 Å². The van der Waals surface area contributed by atoms with Crippen molar-refractivity contribution in [2.45, 2.75) is 9.79 Å². The number of hydrogen-bond donors (Lipinski definition) is 1. The van der Waals surface area contributed by atoms with E-state index in [0.29, 0.717) is 6.54 Å². The van der Waals surface area contributed by atoms with E-state index in [0.717, 1.165) is 10.5 Å². The number of thioether (sulfide) groups is 2. The number of ketones is 1. The molecule has 0 saturated carbocycles. The predicted octanol–water partition coefficient (Wildman–Crippen LogP) is 2.53. The normalized spacial score (nSPS) is 10.3. The van der Waals surface area contributed by atoms with Crippen LogP contribution in [0.25, 0.3) is 0 Å². The first-order valence-electron chi connectivity index (χ1n) is 4.63. The van der Waals surface area contributed by atoms with Crippen LogP contribution in [0.1, 0.15) is 10.4 Å². The van der Waals surface area contributed by atoms with Gasteiger partial charge in [-0.25, -0.2) is 0 Å². The summed E-state index contributed by atoms with van der Waals surface area (Å²) in [6.45, 7) is 0.394. The van der Waals surface area contributed by atoms with Gasteiger partial charge < -0.3 is 5.32 Å². The second kappa shape index (κ2) is 6.20. The van der Waals surface area contributed by atoms with Gasteiger partial charge >= 0.3 is 0 Å². The molecule has 2 nitrogen and oxygen atoms in total. The largest absolute Gasteiger partial charge is 0.313 e. The first-order valence-corrected chi connectivity index (χ1v) is 7.08. The fraction of sp³-hybridized carbons (Fsp3) is 0.364. The number of Topliss-reactive ketones (excluding diaryl/α,β-unsaturated/α-hetero) is 1. The molecule has 0 atom stereocenters. The molecule has 0 fully saturated rings. The smallest absolute Gasteiger partial charge is 0.177 e. The zero-order valence-electron chi connectivity index (χ0n) is 9.16. The molecule has 15 heavy (non-hydrogen) atoms. The van der Waals surface area contributed by atoms with Crippen LogP contribution in [0.2, 0.25) is 0 Å². The van der Waals surface area contributed by atoms with Crippen LogP contribution in [-0.2, 0) is 0 Å². The molecule has 1 aromatic rings. The van der Waals surface area contributed by atoms with Gasteiger partial charge in [0.2, 0.25) is 0 Å². The highest BCUT2D eigenvalue weighted by Crippen LogP contribution is 2.31. The molecule has 1 N–H and O–H groups in total. The van der Waals surface area contributed by atoms with Gasteiger partial charge in [-0.1, -0.05) is 12.1 Å². The molecule has 0 aliphatic heterocycles. The Bertz CT molecular complexity index is 352. The van der Waals surface area contributed by atoms with E-state index in [9.17, 15) is 4.79 Å². The molecular formula is C11H15NOS2. The number of hydrogen-bond acceptors (Lipinski definition) is 4. The summed E-state index contributed by atoms with van der Waals surface area (Å²) in [7, 11) is 1.79. The van der Waals surface area contributed by atoms with E-state index in [-0.39, 0.29) is 5.78 Å². The molecule has 0 radical (unpaired) electrons. The van der Waals surface area contributed by atoms with Crippen LogP contribution in [0, 0.1) is 0 Å². The van der Waals surface area contributed by atoms with Gasteiger partial charge in [-0.15, -0.1) is 23.5 Å². The summed E-state index contributed by atoms with van der Waals surface area (Å²) in [5, 5.41) is 2.89. The maximum atomic E-state index is 11.8. The van der Waals surface area contributed by atoms with Crippen molar-refractivity contribution in [2.75, 3.05) is 26.1 Å². The molecule has 0 aliphatic carbocycles. The first kappa shape index (κ1) is 12.6. The molecule has 4 heteroatoms. The fourth-order valence-electron chi connectivity index (χ4n) is 1.36.